The van der Waals surface area contributed by atoms with Gasteiger partial charge in [-0.25, -0.2) is 9.97 Å². The number of anilines is 1. The van der Waals surface area contributed by atoms with Gasteiger partial charge >= 0.3 is 0 Å². The molecule has 0 aliphatic heterocycles. The lowest BCUT2D eigenvalue weighted by Gasteiger charge is -2.10. The molecule has 0 atom stereocenters. The van der Waals surface area contributed by atoms with Gasteiger partial charge in [-0.1, -0.05) is 30.3 Å². The van der Waals surface area contributed by atoms with Crippen LogP contribution >= 0.6 is 0 Å². The Morgan fingerprint density at radius 2 is 1.91 bits per heavy atom. The highest BCUT2D eigenvalue weighted by Crippen LogP contribution is 2.03. The average Bonchev–Trinajstić information content (AvgIpc) is 2.58. The maximum absolute atomic E-state index is 12.0. The number of carbonyl (C=O) groups excluding carboxylic acids is 1. The minimum Gasteiger partial charge on any atom is -0.369 e. The summed E-state index contributed by atoms with van der Waals surface area (Å²) in [5, 5.41) is 6.02. The molecular weight excluding hydrogens is 290 g/mol. The van der Waals surface area contributed by atoms with Gasteiger partial charge in [-0.2, -0.15) is 0 Å². The van der Waals surface area contributed by atoms with E-state index in [9.17, 15) is 4.79 Å². The van der Waals surface area contributed by atoms with Crippen LogP contribution in [0.4, 0.5) is 5.82 Å². The van der Waals surface area contributed by atoms with Crippen LogP contribution < -0.4 is 10.6 Å². The van der Waals surface area contributed by atoms with Crippen molar-refractivity contribution >= 4 is 11.7 Å². The quantitative estimate of drug-likeness (QED) is 0.727. The zero-order valence-corrected chi connectivity index (χ0v) is 13.6. The summed E-state index contributed by atoms with van der Waals surface area (Å²) in [6.07, 6.45) is 4.11. The summed E-state index contributed by atoms with van der Waals surface area (Å²) in [4.78, 5) is 22.5. The van der Waals surface area contributed by atoms with Gasteiger partial charge < -0.3 is 15.5 Å². The van der Waals surface area contributed by atoms with Crippen LogP contribution in [0.2, 0.25) is 0 Å². The Hall–Kier alpha value is -2.47. The fourth-order valence-electron chi connectivity index (χ4n) is 2.02. The summed E-state index contributed by atoms with van der Waals surface area (Å²) in [6.45, 7) is 2.32. The summed E-state index contributed by atoms with van der Waals surface area (Å²) in [5.41, 5.74) is 1.37. The highest BCUT2D eigenvalue weighted by molar-refractivity contribution is 5.91. The first-order valence-corrected chi connectivity index (χ1v) is 7.68. The number of nitrogens with zero attached hydrogens (tertiary/aromatic N) is 3. The topological polar surface area (TPSA) is 70.2 Å². The van der Waals surface area contributed by atoms with Crippen molar-refractivity contribution in [1.82, 2.24) is 20.2 Å². The summed E-state index contributed by atoms with van der Waals surface area (Å²) in [6, 6.07) is 9.76. The molecule has 0 bridgehead atoms. The van der Waals surface area contributed by atoms with E-state index < -0.39 is 0 Å². The molecule has 1 heterocycles. The minimum atomic E-state index is -0.222. The summed E-state index contributed by atoms with van der Waals surface area (Å²) >= 11 is 0. The van der Waals surface area contributed by atoms with E-state index >= 15 is 0 Å². The molecule has 2 aromatic rings. The van der Waals surface area contributed by atoms with Crippen LogP contribution in [-0.2, 0) is 6.54 Å². The molecule has 122 valence electrons. The van der Waals surface area contributed by atoms with Gasteiger partial charge in [0.15, 0.2) is 0 Å². The van der Waals surface area contributed by atoms with Crippen molar-refractivity contribution in [3.63, 3.8) is 0 Å². The van der Waals surface area contributed by atoms with Gasteiger partial charge in [0.05, 0.1) is 12.4 Å². The lowest BCUT2D eigenvalue weighted by atomic mass is 10.2. The number of nitrogens with one attached hydrogen (secondary N) is 2. The SMILES string of the molecule is CN(C)CCCNc1cnc(C(=O)NCc2ccccc2)cn1. The molecule has 6 heteroatoms. The van der Waals surface area contributed by atoms with E-state index in [1.807, 2.05) is 44.4 Å². The Labute approximate surface area is 137 Å². The third-order valence-corrected chi connectivity index (χ3v) is 3.27. The van der Waals surface area contributed by atoms with Crippen molar-refractivity contribution < 1.29 is 4.79 Å². The maximum atomic E-state index is 12.0. The molecule has 0 radical (unpaired) electrons. The average molecular weight is 313 g/mol. The summed E-state index contributed by atoms with van der Waals surface area (Å²) < 4.78 is 0. The van der Waals surface area contributed by atoms with Crippen LogP contribution in [0.3, 0.4) is 0 Å². The van der Waals surface area contributed by atoms with E-state index in [-0.39, 0.29) is 5.91 Å². The predicted octanol–water partition coefficient (Wildman–Crippen LogP) is 1.77. The van der Waals surface area contributed by atoms with Gasteiger partial charge in [0.1, 0.15) is 11.5 Å². The van der Waals surface area contributed by atoms with E-state index in [1.54, 1.807) is 6.20 Å². The lowest BCUT2D eigenvalue weighted by molar-refractivity contribution is 0.0945. The van der Waals surface area contributed by atoms with Crippen LogP contribution in [0.1, 0.15) is 22.5 Å². The Balaban J connectivity index is 1.78. The second-order valence-corrected chi connectivity index (χ2v) is 5.54. The number of carbonyl (C=O) groups is 1. The van der Waals surface area contributed by atoms with Crippen LogP contribution in [0.5, 0.6) is 0 Å². The van der Waals surface area contributed by atoms with Crippen LogP contribution in [-0.4, -0.2) is 48.0 Å². The first-order valence-electron chi connectivity index (χ1n) is 7.68. The molecule has 0 aliphatic rings. The van der Waals surface area contributed by atoms with Crippen molar-refractivity contribution in [3.05, 3.63) is 54.0 Å². The van der Waals surface area contributed by atoms with Crippen LogP contribution in [0.25, 0.3) is 0 Å². The lowest BCUT2D eigenvalue weighted by Crippen LogP contribution is -2.24. The van der Waals surface area contributed by atoms with E-state index in [0.717, 1.165) is 25.1 Å². The highest BCUT2D eigenvalue weighted by atomic mass is 16.1. The van der Waals surface area contributed by atoms with Gasteiger partial charge in [0.25, 0.3) is 5.91 Å². The molecule has 1 aromatic carbocycles. The Kier molecular flexibility index (Phi) is 6.50. The number of aromatic nitrogens is 2. The number of rotatable bonds is 8. The van der Waals surface area contributed by atoms with Crippen molar-refractivity contribution in [3.8, 4) is 0 Å². The monoisotopic (exact) mass is 313 g/mol. The van der Waals surface area contributed by atoms with Crippen molar-refractivity contribution in [2.24, 2.45) is 0 Å². The smallest absolute Gasteiger partial charge is 0.271 e. The second-order valence-electron chi connectivity index (χ2n) is 5.54. The molecule has 0 spiro atoms. The Morgan fingerprint density at radius 3 is 2.57 bits per heavy atom. The third kappa shape index (κ3) is 6.04. The predicted molar refractivity (Wildman–Crippen MR) is 91.3 cm³/mol. The highest BCUT2D eigenvalue weighted by Gasteiger charge is 2.07. The number of hydrogen-bond acceptors (Lipinski definition) is 5. The Bertz CT molecular complexity index is 598. The standard InChI is InChI=1S/C17H23N5O/c1-22(2)10-6-9-18-16-13-19-15(12-20-16)17(23)21-11-14-7-4-3-5-8-14/h3-5,7-8,12-13H,6,9-11H2,1-2H3,(H,18,20)(H,21,23). The first-order chi connectivity index (χ1) is 11.1. The Morgan fingerprint density at radius 1 is 1.13 bits per heavy atom. The van der Waals surface area contributed by atoms with E-state index in [2.05, 4.69) is 25.5 Å². The van der Waals surface area contributed by atoms with Crippen molar-refractivity contribution in [2.75, 3.05) is 32.5 Å². The molecule has 0 saturated heterocycles. The molecule has 1 amide bonds. The maximum Gasteiger partial charge on any atom is 0.271 e. The minimum absolute atomic E-state index is 0.222. The molecule has 0 saturated carbocycles. The second kappa shape index (κ2) is 8.85. The molecule has 2 rings (SSSR count). The number of benzene rings is 1. The van der Waals surface area contributed by atoms with Crippen LogP contribution in [0, 0.1) is 0 Å². The zero-order chi connectivity index (χ0) is 16.5. The molecule has 2 N–H and O–H groups in total. The number of hydrogen-bond donors (Lipinski definition) is 2. The normalized spacial score (nSPS) is 10.6. The van der Waals surface area contributed by atoms with Gasteiger partial charge in [0.2, 0.25) is 0 Å². The van der Waals surface area contributed by atoms with Crippen molar-refractivity contribution in [2.45, 2.75) is 13.0 Å². The molecule has 23 heavy (non-hydrogen) atoms. The molecule has 1 aromatic heterocycles. The van der Waals surface area contributed by atoms with E-state index in [0.29, 0.717) is 18.1 Å². The van der Waals surface area contributed by atoms with Gasteiger partial charge in [-0.3, -0.25) is 4.79 Å². The van der Waals surface area contributed by atoms with Crippen molar-refractivity contribution in [1.29, 1.82) is 0 Å². The fourth-order valence-corrected chi connectivity index (χ4v) is 2.02. The van der Waals surface area contributed by atoms with Gasteiger partial charge in [-0.05, 0) is 32.6 Å². The van der Waals surface area contributed by atoms with Gasteiger partial charge in [0, 0.05) is 13.1 Å². The van der Waals surface area contributed by atoms with Crippen LogP contribution in [0.15, 0.2) is 42.7 Å². The van der Waals surface area contributed by atoms with Gasteiger partial charge in [-0.15, -0.1) is 0 Å². The van der Waals surface area contributed by atoms with E-state index in [4.69, 9.17) is 0 Å². The first kappa shape index (κ1) is 16.9. The zero-order valence-electron chi connectivity index (χ0n) is 13.6. The van der Waals surface area contributed by atoms with E-state index in [1.165, 1.54) is 6.20 Å². The molecule has 6 nitrogen and oxygen atoms in total. The molecular formula is C17H23N5O. The molecule has 0 unspecified atom stereocenters. The number of amides is 1. The molecule has 0 fully saturated rings. The third-order valence-electron chi connectivity index (χ3n) is 3.27. The molecule has 0 aliphatic carbocycles. The largest absolute Gasteiger partial charge is 0.369 e. The fraction of sp³-hybridized carbons (Fsp3) is 0.353. The summed E-state index contributed by atoms with van der Waals surface area (Å²) in [5.74, 6) is 0.462. The summed E-state index contributed by atoms with van der Waals surface area (Å²) in [7, 11) is 4.09.